The molecule has 0 spiro atoms. The molecule has 0 aliphatic carbocycles. The van der Waals surface area contributed by atoms with Gasteiger partial charge in [-0.05, 0) is 69.1 Å². The topological polar surface area (TPSA) is 237 Å². The van der Waals surface area contributed by atoms with Crippen molar-refractivity contribution in [1.82, 2.24) is 0 Å². The fourth-order valence-electron chi connectivity index (χ4n) is 13.2. The van der Waals surface area contributed by atoms with Gasteiger partial charge in [-0.25, -0.2) is 9.13 Å². The van der Waals surface area contributed by atoms with E-state index in [1.54, 1.807) is 0 Å². The van der Waals surface area contributed by atoms with Crippen LogP contribution in [-0.4, -0.2) is 96.7 Å². The molecule has 0 aliphatic rings. The lowest BCUT2D eigenvalue weighted by Gasteiger charge is -2.21. The number of hydrogen-bond donors (Lipinski definition) is 3. The summed E-state index contributed by atoms with van der Waals surface area (Å²) in [6.07, 6.45) is 71.8. The van der Waals surface area contributed by atoms with Gasteiger partial charge < -0.3 is 33.8 Å². The number of unbranched alkanes of at least 4 members (excludes halogenated alkanes) is 48. The number of hydrogen-bond acceptors (Lipinski definition) is 15. The first-order chi connectivity index (χ1) is 51.8. The Morgan fingerprint density at radius 3 is 0.832 bits per heavy atom. The molecule has 0 saturated carbocycles. The molecule has 107 heavy (non-hydrogen) atoms. The Kier molecular flexibility index (Phi) is 75.7. The highest BCUT2D eigenvalue weighted by atomic mass is 31.2. The molecule has 0 radical (unpaired) electrons. The second-order valence-corrected chi connectivity index (χ2v) is 35.0. The van der Waals surface area contributed by atoms with Crippen molar-refractivity contribution in [3.63, 3.8) is 0 Å². The number of carbonyl (C=O) groups is 4. The number of phosphoric acid groups is 2. The zero-order valence-electron chi connectivity index (χ0n) is 70.1. The van der Waals surface area contributed by atoms with Gasteiger partial charge >= 0.3 is 39.5 Å². The summed E-state index contributed by atoms with van der Waals surface area (Å²) >= 11 is 0. The van der Waals surface area contributed by atoms with Crippen LogP contribution in [0.2, 0.25) is 0 Å². The van der Waals surface area contributed by atoms with Crippen LogP contribution >= 0.6 is 15.6 Å². The Morgan fingerprint density at radius 2 is 0.551 bits per heavy atom. The van der Waals surface area contributed by atoms with Gasteiger partial charge in [-0.1, -0.05) is 387 Å². The predicted molar refractivity (Wildman–Crippen MR) is 441 cm³/mol. The molecule has 0 aromatic heterocycles. The monoisotopic (exact) mass is 1560 g/mol. The second-order valence-electron chi connectivity index (χ2n) is 32.1. The molecule has 0 amide bonds. The molecular weight excluding hydrogens is 1390 g/mol. The lowest BCUT2D eigenvalue weighted by atomic mass is 10.00. The molecule has 632 valence electrons. The Hall–Kier alpha value is -2.46. The number of allylic oxidation sites excluding steroid dienone is 4. The molecule has 0 aromatic carbocycles. The maximum absolute atomic E-state index is 13.1. The lowest BCUT2D eigenvalue weighted by molar-refractivity contribution is -0.161. The van der Waals surface area contributed by atoms with Gasteiger partial charge in [0.1, 0.15) is 19.3 Å². The number of ether oxygens (including phenoxy) is 4. The van der Waals surface area contributed by atoms with Gasteiger partial charge in [0.05, 0.1) is 26.4 Å². The first kappa shape index (κ1) is 105. The largest absolute Gasteiger partial charge is 0.472 e. The fourth-order valence-corrected chi connectivity index (χ4v) is 14.7. The zero-order chi connectivity index (χ0) is 78.6. The molecule has 0 heterocycles. The molecule has 0 fully saturated rings. The molecule has 0 saturated heterocycles. The second kappa shape index (κ2) is 77.5. The van der Waals surface area contributed by atoms with Crippen molar-refractivity contribution in [3.05, 3.63) is 24.3 Å². The van der Waals surface area contributed by atoms with Gasteiger partial charge in [-0.2, -0.15) is 0 Å². The molecule has 19 heteroatoms. The van der Waals surface area contributed by atoms with E-state index in [2.05, 4.69) is 72.8 Å². The molecule has 0 aliphatic heterocycles. The number of esters is 4. The highest BCUT2D eigenvalue weighted by Crippen LogP contribution is 2.45. The maximum atomic E-state index is 13.1. The Bertz CT molecular complexity index is 2160. The summed E-state index contributed by atoms with van der Waals surface area (Å²) in [5.74, 6) is 0.235. The summed E-state index contributed by atoms with van der Waals surface area (Å²) in [6.45, 7) is 11.9. The van der Waals surface area contributed by atoms with Crippen LogP contribution in [0, 0.1) is 17.8 Å². The molecule has 3 unspecified atom stereocenters. The smallest absolute Gasteiger partial charge is 0.462 e. The van der Waals surface area contributed by atoms with E-state index in [0.717, 1.165) is 127 Å². The van der Waals surface area contributed by atoms with Crippen LogP contribution in [0.25, 0.3) is 0 Å². The fraction of sp³-hybridized carbons (Fsp3) is 0.909. The molecule has 0 bridgehead atoms. The summed E-state index contributed by atoms with van der Waals surface area (Å²) in [5, 5.41) is 10.7. The summed E-state index contributed by atoms with van der Waals surface area (Å²) < 4.78 is 68.9. The lowest BCUT2D eigenvalue weighted by Crippen LogP contribution is -2.30. The van der Waals surface area contributed by atoms with Crippen molar-refractivity contribution >= 4 is 39.5 Å². The van der Waals surface area contributed by atoms with Gasteiger partial charge in [0.25, 0.3) is 0 Å². The number of aliphatic hydroxyl groups is 1. The van der Waals surface area contributed by atoms with Crippen LogP contribution in [0.15, 0.2) is 24.3 Å². The maximum Gasteiger partial charge on any atom is 0.472 e. The summed E-state index contributed by atoms with van der Waals surface area (Å²) in [6, 6.07) is 0. The minimum absolute atomic E-state index is 0.0854. The number of phosphoric ester groups is 2. The van der Waals surface area contributed by atoms with E-state index < -0.39 is 97.5 Å². The standard InChI is InChI=1S/C88H168O17P2/c1-8-10-11-12-13-14-15-16-25-33-38-43-48-57-64-71-87(92)104-83(75-98-85(90)69-62-55-47-42-37-32-28-23-19-17-21-26-30-35-40-45-52-59-66-79(3)4)77-102-106(94,95)100-73-82(89)74-101-107(96,97)103-78-84(76-99-86(91)70-63-56-51-50-54-61-68-81(7)9-2)105-88(93)72-65-58-49-44-39-34-29-24-20-18-22-27-31-36-41-46-53-60-67-80(5)6/h14-16,25,79-84,89H,8-13,17-24,26-78H2,1-7H3,(H,94,95)(H,96,97)/b15-14-,25-16-/t81?,82-,83-,84-/m1/s1. The van der Waals surface area contributed by atoms with Crippen molar-refractivity contribution < 1.29 is 80.2 Å². The molecular formula is C88H168O17P2. The zero-order valence-corrected chi connectivity index (χ0v) is 71.9. The van der Waals surface area contributed by atoms with Crippen molar-refractivity contribution in [2.45, 2.75) is 458 Å². The van der Waals surface area contributed by atoms with E-state index in [1.807, 2.05) is 0 Å². The van der Waals surface area contributed by atoms with Gasteiger partial charge in [0.2, 0.25) is 0 Å². The van der Waals surface area contributed by atoms with E-state index in [1.165, 1.54) is 231 Å². The first-order valence-electron chi connectivity index (χ1n) is 44.7. The van der Waals surface area contributed by atoms with E-state index >= 15 is 0 Å². The molecule has 3 N–H and O–H groups in total. The minimum Gasteiger partial charge on any atom is -0.462 e. The molecule has 0 rings (SSSR count). The van der Waals surface area contributed by atoms with Crippen molar-refractivity contribution in [2.75, 3.05) is 39.6 Å². The van der Waals surface area contributed by atoms with Crippen LogP contribution in [0.3, 0.4) is 0 Å². The molecule has 6 atom stereocenters. The van der Waals surface area contributed by atoms with Crippen LogP contribution < -0.4 is 0 Å². The van der Waals surface area contributed by atoms with Gasteiger partial charge in [-0.15, -0.1) is 0 Å². The van der Waals surface area contributed by atoms with E-state index in [9.17, 15) is 43.2 Å². The normalized spacial score (nSPS) is 14.2. The van der Waals surface area contributed by atoms with E-state index in [4.69, 9.17) is 37.0 Å². The van der Waals surface area contributed by atoms with Gasteiger partial charge in [-0.3, -0.25) is 37.3 Å². The third-order valence-electron chi connectivity index (χ3n) is 20.4. The number of rotatable bonds is 84. The van der Waals surface area contributed by atoms with Crippen molar-refractivity contribution in [1.29, 1.82) is 0 Å². The Balaban J connectivity index is 5.22. The Morgan fingerprint density at radius 1 is 0.308 bits per heavy atom. The predicted octanol–water partition coefficient (Wildman–Crippen LogP) is 26.4. The SMILES string of the molecule is CCCCCC/C=C\C=C/CCCCCCCC(=O)O[C@H](COC(=O)CCCCCCCCCCCCCCCCCCCCC(C)C)COP(=O)(O)OC[C@@H](O)COP(=O)(O)OC[C@@H](COC(=O)CCCCCCCCC(C)CC)OC(=O)CCCCCCCCCCCCCCCCCCCCC(C)C. The highest BCUT2D eigenvalue weighted by molar-refractivity contribution is 7.47. The van der Waals surface area contributed by atoms with Crippen LogP contribution in [-0.2, 0) is 65.4 Å². The number of aliphatic hydroxyl groups excluding tert-OH is 1. The van der Waals surface area contributed by atoms with E-state index in [-0.39, 0.29) is 25.7 Å². The van der Waals surface area contributed by atoms with Crippen LogP contribution in [0.1, 0.15) is 440 Å². The Labute approximate surface area is 656 Å². The van der Waals surface area contributed by atoms with Gasteiger partial charge in [0, 0.05) is 25.7 Å². The van der Waals surface area contributed by atoms with Crippen LogP contribution in [0.4, 0.5) is 0 Å². The highest BCUT2D eigenvalue weighted by Gasteiger charge is 2.30. The third kappa shape index (κ3) is 80.0. The summed E-state index contributed by atoms with van der Waals surface area (Å²) in [4.78, 5) is 73.2. The minimum atomic E-state index is -4.97. The summed E-state index contributed by atoms with van der Waals surface area (Å²) in [5.41, 5.74) is 0. The molecule has 17 nitrogen and oxygen atoms in total. The quantitative estimate of drug-likeness (QED) is 0.0169. The van der Waals surface area contributed by atoms with Crippen LogP contribution in [0.5, 0.6) is 0 Å². The molecule has 0 aromatic rings. The van der Waals surface area contributed by atoms with Gasteiger partial charge in [0.15, 0.2) is 12.2 Å². The van der Waals surface area contributed by atoms with E-state index in [0.29, 0.717) is 25.7 Å². The first-order valence-corrected chi connectivity index (χ1v) is 47.7. The van der Waals surface area contributed by atoms with Crippen molar-refractivity contribution in [3.8, 4) is 0 Å². The third-order valence-corrected chi connectivity index (χ3v) is 22.3. The average molecular weight is 1560 g/mol. The summed E-state index contributed by atoms with van der Waals surface area (Å²) in [7, 11) is -9.94. The average Bonchev–Trinajstić information content (AvgIpc) is 0.909. The number of carbonyl (C=O) groups excluding carboxylic acids is 4. The van der Waals surface area contributed by atoms with Crippen molar-refractivity contribution in [2.24, 2.45) is 17.8 Å².